The molecule has 1 aliphatic rings. The van der Waals surface area contributed by atoms with Crippen LogP contribution in [0.2, 0.25) is 0 Å². The molecule has 2 rings (SSSR count). The lowest BCUT2D eigenvalue weighted by molar-refractivity contribution is 0.00578. The van der Waals surface area contributed by atoms with Crippen LogP contribution in [-0.2, 0) is 9.31 Å². The first-order valence-electron chi connectivity index (χ1n) is 6.97. The van der Waals surface area contributed by atoms with E-state index in [2.05, 4.69) is 9.98 Å². The average Bonchev–Trinajstić information content (AvgIpc) is 2.65. The van der Waals surface area contributed by atoms with Crippen molar-refractivity contribution < 1.29 is 9.31 Å². The topological polar surface area (TPSA) is 69.7 Å². The highest BCUT2D eigenvalue weighted by Crippen LogP contribution is 2.36. The molecule has 0 radical (unpaired) electrons. The van der Waals surface area contributed by atoms with Gasteiger partial charge in [-0.2, -0.15) is 0 Å². The van der Waals surface area contributed by atoms with E-state index in [1.54, 1.807) is 25.5 Å². The summed E-state index contributed by atoms with van der Waals surface area (Å²) in [6.07, 6.45) is 5.06. The van der Waals surface area contributed by atoms with Gasteiger partial charge in [0.2, 0.25) is 0 Å². The second-order valence-electron chi connectivity index (χ2n) is 6.09. The third-order valence-electron chi connectivity index (χ3n) is 4.01. The molecule has 5 nitrogen and oxygen atoms in total. The molecule has 1 fully saturated rings. The number of nitrogens with zero attached hydrogens (tertiary/aromatic N) is 2. The van der Waals surface area contributed by atoms with Crippen LogP contribution in [0.5, 0.6) is 0 Å². The van der Waals surface area contributed by atoms with Gasteiger partial charge in [0.05, 0.1) is 22.6 Å². The Morgan fingerprint density at radius 3 is 2.48 bits per heavy atom. The molecule has 0 aliphatic carbocycles. The zero-order chi connectivity index (χ0) is 15.7. The summed E-state index contributed by atoms with van der Waals surface area (Å²) in [5.74, 6) is 0. The quantitative estimate of drug-likeness (QED) is 0.673. The predicted molar refractivity (Wildman–Crippen MR) is 86.5 cm³/mol. The number of nitrogens with two attached hydrogens (primary N) is 1. The Kier molecular flexibility index (Phi) is 4.21. The summed E-state index contributed by atoms with van der Waals surface area (Å²) < 4.78 is 12.1. The lowest BCUT2D eigenvalue weighted by Gasteiger charge is -2.32. The highest BCUT2D eigenvalue weighted by molar-refractivity contribution is 6.62. The molecule has 1 saturated heterocycles. The van der Waals surface area contributed by atoms with Gasteiger partial charge in [0.25, 0.3) is 0 Å². The summed E-state index contributed by atoms with van der Waals surface area (Å²) in [5.41, 5.74) is 7.40. The van der Waals surface area contributed by atoms with Gasteiger partial charge in [-0.3, -0.25) is 9.98 Å². The molecule has 2 N–H and O–H groups in total. The molecule has 1 aliphatic heterocycles. The molecule has 1 aromatic rings. The Bertz CT molecular complexity index is 566. The van der Waals surface area contributed by atoms with Gasteiger partial charge in [-0.15, -0.1) is 0 Å². The van der Waals surface area contributed by atoms with Crippen LogP contribution in [0, 0.1) is 0 Å². The van der Waals surface area contributed by atoms with Crippen LogP contribution in [0.15, 0.2) is 29.4 Å². The van der Waals surface area contributed by atoms with Crippen molar-refractivity contribution in [3.63, 3.8) is 0 Å². The van der Waals surface area contributed by atoms with Crippen molar-refractivity contribution in [1.82, 2.24) is 4.98 Å². The molecule has 0 spiro atoms. The minimum absolute atomic E-state index is 0.364. The third-order valence-corrected chi connectivity index (χ3v) is 4.01. The highest BCUT2D eigenvalue weighted by atomic mass is 16.7. The van der Waals surface area contributed by atoms with Gasteiger partial charge >= 0.3 is 7.12 Å². The number of pyridine rings is 1. The van der Waals surface area contributed by atoms with Gasteiger partial charge in [0.15, 0.2) is 0 Å². The number of rotatable bonds is 3. The molecule has 21 heavy (non-hydrogen) atoms. The smallest absolute Gasteiger partial charge is 0.399 e. The number of hydrogen-bond donors (Lipinski definition) is 1. The Morgan fingerprint density at radius 2 is 1.90 bits per heavy atom. The second-order valence-corrected chi connectivity index (χ2v) is 6.09. The van der Waals surface area contributed by atoms with Crippen LogP contribution < -0.4 is 11.2 Å². The van der Waals surface area contributed by atoms with Crippen molar-refractivity contribution in [1.29, 1.82) is 0 Å². The van der Waals surface area contributed by atoms with E-state index in [-0.39, 0.29) is 11.2 Å². The van der Waals surface area contributed by atoms with Crippen LogP contribution >= 0.6 is 0 Å². The van der Waals surface area contributed by atoms with Gasteiger partial charge in [0, 0.05) is 19.5 Å². The molecule has 0 amide bonds. The van der Waals surface area contributed by atoms with Crippen molar-refractivity contribution in [2.75, 3.05) is 7.05 Å². The van der Waals surface area contributed by atoms with E-state index >= 15 is 0 Å². The third kappa shape index (κ3) is 3.17. The lowest BCUT2D eigenvalue weighted by atomic mass is 9.79. The largest absolute Gasteiger partial charge is 0.494 e. The fourth-order valence-corrected chi connectivity index (χ4v) is 1.97. The summed E-state index contributed by atoms with van der Waals surface area (Å²) in [7, 11) is 1.28. The minimum Gasteiger partial charge on any atom is -0.399 e. The van der Waals surface area contributed by atoms with E-state index in [4.69, 9.17) is 15.0 Å². The first-order valence-corrected chi connectivity index (χ1v) is 6.97. The summed E-state index contributed by atoms with van der Waals surface area (Å²) in [5, 5.41) is 0. The van der Waals surface area contributed by atoms with E-state index < -0.39 is 7.12 Å². The monoisotopic (exact) mass is 287 g/mol. The van der Waals surface area contributed by atoms with E-state index in [0.29, 0.717) is 11.4 Å². The first kappa shape index (κ1) is 15.7. The zero-order valence-corrected chi connectivity index (χ0v) is 13.3. The van der Waals surface area contributed by atoms with Crippen molar-refractivity contribution in [2.24, 2.45) is 10.7 Å². The molecule has 0 atom stereocenters. The average molecular weight is 287 g/mol. The Hall–Kier alpha value is -1.66. The molecule has 1 aromatic heterocycles. The summed E-state index contributed by atoms with van der Waals surface area (Å²) in [4.78, 5) is 8.15. The number of aliphatic imine (C=N–C) groups is 1. The number of hydrogen-bond acceptors (Lipinski definition) is 5. The van der Waals surface area contributed by atoms with Gasteiger partial charge in [-0.25, -0.2) is 0 Å². The van der Waals surface area contributed by atoms with E-state index in [0.717, 1.165) is 5.46 Å². The first-order chi connectivity index (χ1) is 9.77. The summed E-state index contributed by atoms with van der Waals surface area (Å²) >= 11 is 0. The normalized spacial score (nSPS) is 21.2. The van der Waals surface area contributed by atoms with Crippen LogP contribution in [-0.4, -0.2) is 36.6 Å². The molecule has 0 aromatic carbocycles. The summed E-state index contributed by atoms with van der Waals surface area (Å²) in [6.45, 7) is 8.12. The van der Waals surface area contributed by atoms with Crippen LogP contribution in [0.25, 0.3) is 5.70 Å². The van der Waals surface area contributed by atoms with Crippen molar-refractivity contribution in [3.8, 4) is 0 Å². The summed E-state index contributed by atoms with van der Waals surface area (Å²) in [6, 6.07) is 3.77. The zero-order valence-electron chi connectivity index (χ0n) is 13.3. The van der Waals surface area contributed by atoms with Crippen molar-refractivity contribution >= 4 is 24.5 Å². The lowest BCUT2D eigenvalue weighted by Crippen LogP contribution is -2.41. The molecule has 112 valence electrons. The number of allylic oxidation sites excluding steroid dienone is 1. The van der Waals surface area contributed by atoms with E-state index in [1.165, 1.54) is 0 Å². The maximum absolute atomic E-state index is 6.03. The molecule has 0 bridgehead atoms. The second kappa shape index (κ2) is 5.62. The van der Waals surface area contributed by atoms with Crippen molar-refractivity contribution in [2.45, 2.75) is 38.9 Å². The SMILES string of the molecule is CN=CC=C(N)c1cc(B2OC(C)(C)C(C)(C)O2)ccn1. The molecule has 2 heterocycles. The van der Waals surface area contributed by atoms with E-state index in [1.807, 2.05) is 39.8 Å². The number of aromatic nitrogens is 1. The molecule has 6 heteroatoms. The van der Waals surface area contributed by atoms with Gasteiger partial charge in [0.1, 0.15) is 0 Å². The fraction of sp³-hybridized carbons (Fsp3) is 0.467. The highest BCUT2D eigenvalue weighted by Gasteiger charge is 2.51. The van der Waals surface area contributed by atoms with Gasteiger partial charge < -0.3 is 15.0 Å². The Morgan fingerprint density at radius 1 is 1.29 bits per heavy atom. The van der Waals surface area contributed by atoms with Crippen LogP contribution in [0.1, 0.15) is 33.4 Å². The van der Waals surface area contributed by atoms with Gasteiger partial charge in [-0.05, 0) is 51.4 Å². The molecule has 0 saturated carbocycles. The Labute approximate surface area is 126 Å². The fourth-order valence-electron chi connectivity index (χ4n) is 1.97. The van der Waals surface area contributed by atoms with Crippen LogP contribution in [0.3, 0.4) is 0 Å². The molecular formula is C15H22BN3O2. The maximum Gasteiger partial charge on any atom is 0.494 e. The predicted octanol–water partition coefficient (Wildman–Crippen LogP) is 1.38. The van der Waals surface area contributed by atoms with Crippen molar-refractivity contribution in [3.05, 3.63) is 30.1 Å². The molecule has 0 unspecified atom stereocenters. The maximum atomic E-state index is 6.03. The van der Waals surface area contributed by atoms with Crippen LogP contribution in [0.4, 0.5) is 0 Å². The van der Waals surface area contributed by atoms with E-state index in [9.17, 15) is 0 Å². The minimum atomic E-state index is -0.413. The molecular weight excluding hydrogens is 265 g/mol. The Balaban J connectivity index is 2.27. The van der Waals surface area contributed by atoms with Gasteiger partial charge in [-0.1, -0.05) is 0 Å². The standard InChI is InChI=1S/C15H22BN3O2/c1-14(2)15(3,4)21-16(20-14)11-6-9-19-13(10-11)12(17)7-8-18-5/h6-10H,17H2,1-5H3.